The number of carbonyl (C=O) groups is 4. The number of amides is 2. The van der Waals surface area contributed by atoms with Crippen molar-refractivity contribution < 1.29 is 49.1 Å². The number of aromatic hydroxyl groups is 3. The van der Waals surface area contributed by atoms with Gasteiger partial charge in [-0.05, 0) is 108 Å². The Hall–Kier alpha value is -8.20. The van der Waals surface area contributed by atoms with E-state index in [1.807, 2.05) is 30.3 Å². The molecule has 6 aromatic carbocycles. The number of para-hydroxylation sites is 1. The minimum absolute atomic E-state index is 0.0945. The summed E-state index contributed by atoms with van der Waals surface area (Å²) >= 11 is 2.70. The zero-order valence-electron chi connectivity index (χ0n) is 34.4. The van der Waals surface area contributed by atoms with Crippen LogP contribution in [0.4, 0.5) is 11.4 Å². The summed E-state index contributed by atoms with van der Waals surface area (Å²) in [6, 6.07) is 42.2. The topological polar surface area (TPSA) is 192 Å². The lowest BCUT2D eigenvalue weighted by atomic mass is 10.0. The fourth-order valence-electron chi connectivity index (χ4n) is 7.07. The number of thiophene rings is 2. The smallest absolute Gasteiger partial charge is 0.310 e. The largest absolute Gasteiger partial charge is 0.508 e. The molecule has 0 fully saturated rings. The molecule has 65 heavy (non-hydrogen) atoms. The second-order valence-electron chi connectivity index (χ2n) is 14.7. The third-order valence-electron chi connectivity index (χ3n) is 10.2. The van der Waals surface area contributed by atoms with Crippen molar-refractivity contribution >= 4 is 57.8 Å². The number of ether oxygens (including phenoxy) is 2. The van der Waals surface area contributed by atoms with Crippen molar-refractivity contribution in [2.75, 3.05) is 17.7 Å². The summed E-state index contributed by atoms with van der Waals surface area (Å²) in [7, 11) is 1.35. The van der Waals surface area contributed by atoms with Crippen LogP contribution in [-0.4, -0.2) is 51.3 Å². The molecule has 6 N–H and O–H groups in total. The van der Waals surface area contributed by atoms with Crippen molar-refractivity contribution in [1.29, 1.82) is 0 Å². The van der Waals surface area contributed by atoms with Crippen LogP contribution in [0.15, 0.2) is 152 Å². The molecule has 2 amide bonds. The SMILES string of the molecule is COC(=O)Cc1ccc(-c2ccccc2NC(=O)c2cccc(-c3ccc(Oc4ccc(NC(=O)c5cccc(-c6ccc(O)cc6O)c5)c(-c5ccc(CC(=O)O)s5)c4)cc3O)c2)s1. The van der Waals surface area contributed by atoms with E-state index >= 15 is 0 Å². The van der Waals surface area contributed by atoms with Crippen LogP contribution in [0.1, 0.15) is 30.5 Å². The van der Waals surface area contributed by atoms with E-state index in [0.29, 0.717) is 71.6 Å². The molecule has 14 heteroatoms. The molecule has 0 radical (unpaired) electrons. The molecule has 0 aliphatic rings. The van der Waals surface area contributed by atoms with Crippen molar-refractivity contribution in [2.45, 2.75) is 12.8 Å². The number of methoxy groups -OCH3 is 1. The molecular formula is C51H38N2O10S2. The minimum atomic E-state index is -0.980. The number of carboxylic acids is 1. The monoisotopic (exact) mass is 902 g/mol. The Morgan fingerprint density at radius 2 is 1.08 bits per heavy atom. The van der Waals surface area contributed by atoms with E-state index in [1.165, 1.54) is 48.0 Å². The zero-order valence-corrected chi connectivity index (χ0v) is 36.0. The predicted octanol–water partition coefficient (Wildman–Crippen LogP) is 11.2. The minimum Gasteiger partial charge on any atom is -0.508 e. The molecule has 0 unspecified atom stereocenters. The van der Waals surface area contributed by atoms with Crippen molar-refractivity contribution in [1.82, 2.24) is 0 Å². The fraction of sp³-hybridized carbons (Fsp3) is 0.0588. The van der Waals surface area contributed by atoms with Crippen LogP contribution in [0, 0.1) is 0 Å². The lowest BCUT2D eigenvalue weighted by Gasteiger charge is -2.15. The van der Waals surface area contributed by atoms with E-state index in [0.717, 1.165) is 15.3 Å². The first-order valence-electron chi connectivity index (χ1n) is 20.0. The Labute approximate surface area is 380 Å². The molecule has 0 aliphatic heterocycles. The lowest BCUT2D eigenvalue weighted by molar-refractivity contribution is -0.140. The fourth-order valence-corrected chi connectivity index (χ4v) is 9.13. The molecule has 2 aromatic heterocycles. The van der Waals surface area contributed by atoms with E-state index in [-0.39, 0.29) is 42.0 Å². The van der Waals surface area contributed by atoms with Gasteiger partial charge in [0.2, 0.25) is 0 Å². The first kappa shape index (κ1) is 43.4. The van der Waals surface area contributed by atoms with Gasteiger partial charge < -0.3 is 40.5 Å². The summed E-state index contributed by atoms with van der Waals surface area (Å²) in [6.07, 6.45) is -0.0222. The highest BCUT2D eigenvalue weighted by Crippen LogP contribution is 2.41. The van der Waals surface area contributed by atoms with E-state index in [2.05, 4.69) is 10.6 Å². The summed E-state index contributed by atoms with van der Waals surface area (Å²) in [4.78, 5) is 53.6. The number of phenols is 3. The first-order chi connectivity index (χ1) is 31.4. The van der Waals surface area contributed by atoms with Gasteiger partial charge in [-0.2, -0.15) is 0 Å². The van der Waals surface area contributed by atoms with Crippen LogP contribution >= 0.6 is 22.7 Å². The Morgan fingerprint density at radius 3 is 1.69 bits per heavy atom. The second-order valence-corrected chi connectivity index (χ2v) is 17.0. The van der Waals surface area contributed by atoms with Gasteiger partial charge >= 0.3 is 11.9 Å². The van der Waals surface area contributed by atoms with Gasteiger partial charge in [-0.15, -0.1) is 22.7 Å². The van der Waals surface area contributed by atoms with Crippen molar-refractivity contribution in [3.63, 3.8) is 0 Å². The third-order valence-corrected chi connectivity index (χ3v) is 12.4. The molecule has 0 aliphatic carbocycles. The summed E-state index contributed by atoms with van der Waals surface area (Å²) in [5, 5.41) is 46.8. The standard InChI is InChI=1S/C51H38N2O10S2/c1-62-49(59)28-37-16-20-46(65-37)40-10-2-3-11-42(40)52-50(60)31-8-5-7-30(23-31)39-18-13-35(26-45(39)56)63-34-14-19-43(41(25-34)47-21-15-36(64-47)27-48(57)58)53-51(61)32-9-4-6-29(22-32)38-17-12-33(54)24-44(38)55/h2-26,54-56H,27-28H2,1H3,(H,52,60)(H,53,61)(H,57,58). The Kier molecular flexibility index (Phi) is 12.7. The lowest BCUT2D eigenvalue weighted by Crippen LogP contribution is -2.12. The van der Waals surface area contributed by atoms with Crippen LogP contribution in [0.5, 0.6) is 28.7 Å². The van der Waals surface area contributed by atoms with Crippen LogP contribution in [0.3, 0.4) is 0 Å². The number of carboxylic acid groups (broad SMARTS) is 1. The second kappa shape index (κ2) is 19.0. The number of carbonyl (C=O) groups excluding carboxylic acids is 3. The first-order valence-corrected chi connectivity index (χ1v) is 21.6. The average molecular weight is 903 g/mol. The molecule has 2 heterocycles. The van der Waals surface area contributed by atoms with E-state index in [1.54, 1.807) is 103 Å². The van der Waals surface area contributed by atoms with Crippen LogP contribution in [0.25, 0.3) is 43.1 Å². The molecule has 0 spiro atoms. The zero-order chi connectivity index (χ0) is 45.6. The Morgan fingerprint density at radius 1 is 0.523 bits per heavy atom. The molecule has 0 saturated heterocycles. The van der Waals surface area contributed by atoms with Crippen LogP contribution in [0.2, 0.25) is 0 Å². The molecule has 324 valence electrons. The third kappa shape index (κ3) is 10.2. The molecule has 0 saturated carbocycles. The van der Waals surface area contributed by atoms with E-state index in [4.69, 9.17) is 9.47 Å². The summed E-state index contributed by atoms with van der Waals surface area (Å²) in [6.45, 7) is 0. The van der Waals surface area contributed by atoms with E-state index in [9.17, 15) is 39.6 Å². The van der Waals surface area contributed by atoms with Gasteiger partial charge in [-0.3, -0.25) is 19.2 Å². The molecule has 0 bridgehead atoms. The number of esters is 1. The number of rotatable bonds is 14. The quantitative estimate of drug-likeness (QED) is 0.0572. The highest BCUT2D eigenvalue weighted by Gasteiger charge is 2.18. The number of anilines is 2. The number of aliphatic carboxylic acids is 1. The maximum Gasteiger partial charge on any atom is 0.310 e. The van der Waals surface area contributed by atoms with Gasteiger partial charge in [0.05, 0.1) is 20.0 Å². The van der Waals surface area contributed by atoms with Crippen LogP contribution in [-0.2, 0) is 27.2 Å². The number of nitrogens with one attached hydrogen (secondary N) is 2. The number of phenolic OH excluding ortho intramolecular Hbond substituents is 3. The molecular weight excluding hydrogens is 865 g/mol. The van der Waals surface area contributed by atoms with Crippen molar-refractivity contribution in [2.24, 2.45) is 0 Å². The summed E-state index contributed by atoms with van der Waals surface area (Å²) in [5.74, 6) is -1.79. The van der Waals surface area contributed by atoms with Crippen molar-refractivity contribution in [3.05, 3.63) is 173 Å². The van der Waals surface area contributed by atoms with Crippen molar-refractivity contribution in [3.8, 4) is 71.9 Å². The predicted molar refractivity (Wildman–Crippen MR) is 251 cm³/mol. The normalized spacial score (nSPS) is 10.8. The Bertz CT molecular complexity index is 3120. The summed E-state index contributed by atoms with van der Waals surface area (Å²) < 4.78 is 11.0. The molecule has 12 nitrogen and oxygen atoms in total. The van der Waals surface area contributed by atoms with Gasteiger partial charge in [0.1, 0.15) is 28.7 Å². The average Bonchev–Trinajstić information content (AvgIpc) is 3.96. The number of benzene rings is 6. The van der Waals surface area contributed by atoms with Gasteiger partial charge in [0.25, 0.3) is 11.8 Å². The number of hydrogen-bond acceptors (Lipinski definition) is 11. The molecule has 8 rings (SSSR count). The molecule has 0 atom stereocenters. The highest BCUT2D eigenvalue weighted by atomic mass is 32.1. The van der Waals surface area contributed by atoms with Crippen LogP contribution < -0.4 is 15.4 Å². The van der Waals surface area contributed by atoms with Gasteiger partial charge in [-0.1, -0.05) is 42.5 Å². The maximum absolute atomic E-state index is 13.7. The van der Waals surface area contributed by atoms with Gasteiger partial charge in [-0.25, -0.2) is 0 Å². The van der Waals surface area contributed by atoms with Gasteiger partial charge in [0, 0.05) is 76.4 Å². The summed E-state index contributed by atoms with van der Waals surface area (Å²) in [5.41, 5.74) is 5.07. The maximum atomic E-state index is 13.7. The Balaban J connectivity index is 1.01. The van der Waals surface area contributed by atoms with Gasteiger partial charge in [0.15, 0.2) is 0 Å². The van der Waals surface area contributed by atoms with E-state index < -0.39 is 11.9 Å². The molecule has 8 aromatic rings. The highest BCUT2D eigenvalue weighted by molar-refractivity contribution is 7.16. The number of hydrogen-bond donors (Lipinski definition) is 6.